The van der Waals surface area contributed by atoms with Crippen LogP contribution >= 0.6 is 11.6 Å². The highest BCUT2D eigenvalue weighted by molar-refractivity contribution is 6.31. The van der Waals surface area contributed by atoms with Crippen molar-refractivity contribution in [3.8, 4) is 17.2 Å². The van der Waals surface area contributed by atoms with Crippen LogP contribution in [0.3, 0.4) is 0 Å². The zero-order chi connectivity index (χ0) is 30.3. The summed E-state index contributed by atoms with van der Waals surface area (Å²) in [7, 11) is 0. The van der Waals surface area contributed by atoms with Gasteiger partial charge < -0.3 is 14.2 Å². The molecule has 0 aliphatic carbocycles. The average Bonchev–Trinajstić information content (AvgIpc) is 3.01. The molecule has 8 nitrogen and oxygen atoms in total. The number of imide groups is 2. The Morgan fingerprint density at radius 1 is 0.837 bits per heavy atom. The van der Waals surface area contributed by atoms with Gasteiger partial charge in [-0.3, -0.25) is 19.8 Å². The number of nitrogens with one attached hydrogen (secondary N) is 1. The molecule has 0 bridgehead atoms. The van der Waals surface area contributed by atoms with Crippen molar-refractivity contribution in [1.82, 2.24) is 10.2 Å². The van der Waals surface area contributed by atoms with Crippen LogP contribution in [0.5, 0.6) is 17.2 Å². The Bertz CT molecular complexity index is 1720. The van der Waals surface area contributed by atoms with E-state index in [4.69, 9.17) is 25.8 Å². The van der Waals surface area contributed by atoms with E-state index in [1.807, 2.05) is 62.4 Å². The van der Waals surface area contributed by atoms with E-state index in [2.05, 4.69) is 5.32 Å². The number of benzene rings is 4. The van der Waals surface area contributed by atoms with Crippen LogP contribution in [-0.2, 0) is 22.7 Å². The van der Waals surface area contributed by atoms with Crippen LogP contribution < -0.4 is 19.5 Å². The molecule has 220 valence electrons. The summed E-state index contributed by atoms with van der Waals surface area (Å²) in [5.41, 5.74) is 1.77. The normalized spacial score (nSPS) is 14.3. The Hall–Kier alpha value is -4.82. The van der Waals surface area contributed by atoms with E-state index in [0.29, 0.717) is 46.6 Å². The molecule has 0 unspecified atom stereocenters. The number of halogens is 1. The minimum atomic E-state index is -0.801. The summed E-state index contributed by atoms with van der Waals surface area (Å²) in [5.74, 6) is 0.0518. The molecule has 5 rings (SSSR count). The van der Waals surface area contributed by atoms with Crippen LogP contribution in [0.1, 0.15) is 37.0 Å². The van der Waals surface area contributed by atoms with Gasteiger partial charge in [-0.2, -0.15) is 0 Å². The van der Waals surface area contributed by atoms with Gasteiger partial charge in [0.15, 0.2) is 11.5 Å². The first kappa shape index (κ1) is 29.7. The third kappa shape index (κ3) is 6.65. The lowest BCUT2D eigenvalue weighted by Gasteiger charge is -2.27. The fourth-order valence-electron chi connectivity index (χ4n) is 4.74. The Morgan fingerprint density at radius 3 is 2.40 bits per heavy atom. The quantitative estimate of drug-likeness (QED) is 0.149. The smallest absolute Gasteiger partial charge is 0.331 e. The van der Waals surface area contributed by atoms with E-state index in [9.17, 15) is 14.4 Å². The molecule has 0 aromatic heterocycles. The Labute approximate surface area is 254 Å². The molecule has 0 spiro atoms. The molecule has 1 heterocycles. The Morgan fingerprint density at radius 2 is 1.60 bits per heavy atom. The number of hydrogen-bond acceptors (Lipinski definition) is 6. The van der Waals surface area contributed by atoms with Crippen LogP contribution in [0.15, 0.2) is 84.4 Å². The van der Waals surface area contributed by atoms with Gasteiger partial charge in [-0.15, -0.1) is 0 Å². The minimum absolute atomic E-state index is 0.0746. The van der Waals surface area contributed by atoms with E-state index in [1.54, 1.807) is 30.3 Å². The molecule has 1 N–H and O–H groups in total. The van der Waals surface area contributed by atoms with Gasteiger partial charge in [0.05, 0.1) is 19.8 Å². The standard InChI is InChI=1S/C34H31ClN2O6/c1-3-17-42-30-15-13-22(18-31(30)41-4-2)20-37-33(39)27(32(38)36-34(37)40)19-26-25-11-7-5-9-23(25)14-16-29(26)43-21-24-10-6-8-12-28(24)35/h5-16,18-19H,3-4,17,20-21H2,1-2H3,(H,36,38,40)/b27-19+. The highest BCUT2D eigenvalue weighted by atomic mass is 35.5. The van der Waals surface area contributed by atoms with E-state index >= 15 is 0 Å². The van der Waals surface area contributed by atoms with Crippen molar-refractivity contribution in [2.24, 2.45) is 0 Å². The second-order valence-corrected chi connectivity index (χ2v) is 10.3. The van der Waals surface area contributed by atoms with Crippen LogP contribution in [0.25, 0.3) is 16.8 Å². The topological polar surface area (TPSA) is 94.2 Å². The fraction of sp³-hybridized carbons (Fsp3) is 0.206. The SMILES string of the molecule is CCCOc1ccc(CN2C(=O)NC(=O)/C(=C\c3c(OCc4ccccc4Cl)ccc4ccccc34)C2=O)cc1OCC. The number of barbiturate groups is 1. The number of ether oxygens (including phenoxy) is 3. The number of amides is 4. The lowest BCUT2D eigenvalue weighted by molar-refractivity contribution is -0.130. The summed E-state index contributed by atoms with van der Waals surface area (Å²) in [6.07, 6.45) is 2.32. The van der Waals surface area contributed by atoms with Crippen LogP contribution in [0.2, 0.25) is 5.02 Å². The number of hydrogen-bond donors (Lipinski definition) is 1. The fourth-order valence-corrected chi connectivity index (χ4v) is 4.93. The maximum Gasteiger partial charge on any atom is 0.331 e. The van der Waals surface area contributed by atoms with Crippen molar-refractivity contribution in [1.29, 1.82) is 0 Å². The highest BCUT2D eigenvalue weighted by Gasteiger charge is 2.36. The number of nitrogens with zero attached hydrogens (tertiary/aromatic N) is 1. The van der Waals surface area contributed by atoms with Crippen molar-refractivity contribution in [2.45, 2.75) is 33.4 Å². The summed E-state index contributed by atoms with van der Waals surface area (Å²) in [6, 6.07) is 23.1. The van der Waals surface area contributed by atoms with E-state index in [-0.39, 0.29) is 18.7 Å². The maximum atomic E-state index is 13.7. The van der Waals surface area contributed by atoms with Crippen molar-refractivity contribution in [2.75, 3.05) is 13.2 Å². The zero-order valence-corrected chi connectivity index (χ0v) is 24.6. The van der Waals surface area contributed by atoms with Gasteiger partial charge in [-0.1, -0.05) is 73.1 Å². The molecule has 1 aliphatic heterocycles. The van der Waals surface area contributed by atoms with Crippen molar-refractivity contribution >= 4 is 46.3 Å². The van der Waals surface area contributed by atoms with E-state index < -0.39 is 17.8 Å². The van der Waals surface area contributed by atoms with Crippen LogP contribution in [0.4, 0.5) is 4.79 Å². The second kappa shape index (κ2) is 13.4. The first-order valence-electron chi connectivity index (χ1n) is 14.0. The molecule has 9 heteroatoms. The molecular weight excluding hydrogens is 568 g/mol. The number of urea groups is 1. The number of rotatable bonds is 11. The predicted molar refractivity (Wildman–Crippen MR) is 165 cm³/mol. The van der Waals surface area contributed by atoms with Crippen LogP contribution in [0, 0.1) is 0 Å². The van der Waals surface area contributed by atoms with E-state index in [1.165, 1.54) is 6.08 Å². The molecule has 0 radical (unpaired) electrons. The number of carbonyl (C=O) groups excluding carboxylic acids is 3. The lowest BCUT2D eigenvalue weighted by Crippen LogP contribution is -2.53. The van der Waals surface area contributed by atoms with Gasteiger partial charge in [0.25, 0.3) is 11.8 Å². The van der Waals surface area contributed by atoms with Gasteiger partial charge in [0.1, 0.15) is 17.9 Å². The highest BCUT2D eigenvalue weighted by Crippen LogP contribution is 2.33. The Kier molecular flexibility index (Phi) is 9.27. The molecule has 4 aromatic rings. The second-order valence-electron chi connectivity index (χ2n) is 9.85. The van der Waals surface area contributed by atoms with Gasteiger partial charge >= 0.3 is 6.03 Å². The predicted octanol–water partition coefficient (Wildman–Crippen LogP) is 6.92. The zero-order valence-electron chi connectivity index (χ0n) is 23.9. The molecule has 4 aromatic carbocycles. The summed E-state index contributed by atoms with van der Waals surface area (Å²) >= 11 is 6.33. The summed E-state index contributed by atoms with van der Waals surface area (Å²) in [4.78, 5) is 40.6. The lowest BCUT2D eigenvalue weighted by atomic mass is 9.99. The first-order valence-corrected chi connectivity index (χ1v) is 14.4. The van der Waals surface area contributed by atoms with Crippen molar-refractivity contribution in [3.63, 3.8) is 0 Å². The molecule has 1 aliphatic rings. The molecule has 1 fully saturated rings. The monoisotopic (exact) mass is 598 g/mol. The first-order chi connectivity index (χ1) is 20.9. The van der Waals surface area contributed by atoms with Crippen molar-refractivity contribution in [3.05, 3.63) is 106 Å². The van der Waals surface area contributed by atoms with Gasteiger partial charge in [-0.25, -0.2) is 4.79 Å². The van der Waals surface area contributed by atoms with Gasteiger partial charge in [-0.05, 0) is 60.0 Å². The average molecular weight is 599 g/mol. The van der Waals surface area contributed by atoms with Crippen molar-refractivity contribution < 1.29 is 28.6 Å². The van der Waals surface area contributed by atoms with Crippen LogP contribution in [-0.4, -0.2) is 36.0 Å². The molecule has 1 saturated heterocycles. The molecular formula is C34H31ClN2O6. The maximum absolute atomic E-state index is 13.7. The summed E-state index contributed by atoms with van der Waals surface area (Å²) < 4.78 is 17.7. The minimum Gasteiger partial charge on any atom is -0.490 e. The van der Waals surface area contributed by atoms with Gasteiger partial charge in [0, 0.05) is 16.1 Å². The molecule has 4 amide bonds. The van der Waals surface area contributed by atoms with Gasteiger partial charge in [0.2, 0.25) is 0 Å². The largest absolute Gasteiger partial charge is 0.490 e. The third-order valence-corrected chi connectivity index (χ3v) is 7.23. The molecule has 43 heavy (non-hydrogen) atoms. The summed E-state index contributed by atoms with van der Waals surface area (Å²) in [6.45, 7) is 4.92. The number of fused-ring (bicyclic) bond motifs is 1. The third-order valence-electron chi connectivity index (χ3n) is 6.86. The molecule has 0 atom stereocenters. The van der Waals surface area contributed by atoms with E-state index in [0.717, 1.165) is 27.7 Å². The summed E-state index contributed by atoms with van der Waals surface area (Å²) in [5, 5.41) is 4.54. The molecule has 0 saturated carbocycles. The Balaban J connectivity index is 1.48. The number of carbonyl (C=O) groups is 3.